The Kier molecular flexibility index (Phi) is 6.61. The number of fused-ring (bicyclic) bond motifs is 1. The van der Waals surface area contributed by atoms with Crippen molar-refractivity contribution in [2.24, 2.45) is 0 Å². The van der Waals surface area contributed by atoms with Gasteiger partial charge in [-0.1, -0.05) is 23.7 Å². The number of ether oxygens (including phenoxy) is 1. The molecule has 2 aromatic rings. The minimum Gasteiger partial charge on any atom is -0.380 e. The van der Waals surface area contributed by atoms with Gasteiger partial charge < -0.3 is 20.3 Å². The SMILES string of the molecule is [B]c1ccc(NC(=O)N2C[C@H](OC)CC2C(=O)Nc2ccc3c(c2)CCN(C2CC2)CC3)cc1. The van der Waals surface area contributed by atoms with Crippen molar-refractivity contribution < 1.29 is 14.3 Å². The van der Waals surface area contributed by atoms with Crippen LogP contribution in [0.3, 0.4) is 0 Å². The number of nitrogens with one attached hydrogen (secondary N) is 2. The largest absolute Gasteiger partial charge is 0.380 e. The highest BCUT2D eigenvalue weighted by Crippen LogP contribution is 2.30. The first-order chi connectivity index (χ1) is 16.5. The topological polar surface area (TPSA) is 73.9 Å². The zero-order chi connectivity index (χ0) is 23.7. The molecule has 2 atom stereocenters. The van der Waals surface area contributed by atoms with E-state index in [1.807, 2.05) is 6.07 Å². The fourth-order valence-electron chi connectivity index (χ4n) is 5.05. The highest BCUT2D eigenvalue weighted by molar-refractivity contribution is 6.32. The second-order valence-corrected chi connectivity index (χ2v) is 9.55. The Morgan fingerprint density at radius 1 is 0.971 bits per heavy atom. The molecule has 34 heavy (non-hydrogen) atoms. The quantitative estimate of drug-likeness (QED) is 0.675. The molecule has 5 rings (SSSR count). The Bertz CT molecular complexity index is 1060. The van der Waals surface area contributed by atoms with E-state index < -0.39 is 6.04 Å². The van der Waals surface area contributed by atoms with E-state index in [4.69, 9.17) is 12.6 Å². The molecule has 0 aromatic heterocycles. The molecule has 2 fully saturated rings. The van der Waals surface area contributed by atoms with Crippen LogP contribution in [-0.2, 0) is 22.4 Å². The van der Waals surface area contributed by atoms with Crippen LogP contribution >= 0.6 is 0 Å². The molecule has 1 aliphatic carbocycles. The lowest BCUT2D eigenvalue weighted by molar-refractivity contribution is -0.119. The van der Waals surface area contributed by atoms with Crippen LogP contribution in [-0.4, -0.2) is 74.5 Å². The number of nitrogens with zero attached hydrogens (tertiary/aromatic N) is 2. The summed E-state index contributed by atoms with van der Waals surface area (Å²) >= 11 is 0. The van der Waals surface area contributed by atoms with Gasteiger partial charge in [-0.3, -0.25) is 9.69 Å². The minimum atomic E-state index is -0.608. The standard InChI is InChI=1S/C26H31BN4O3/c1-34-23-15-24(31(16-23)26(33)29-20-6-3-19(27)4-7-20)25(32)28-21-5-2-17-10-12-30(22-8-9-22)13-11-18(17)14-21/h2-7,14,22-24H,8-13,15-16H2,1H3,(H,28,32)(H,29,33)/t23-,24?/m1/s1. The van der Waals surface area contributed by atoms with Crippen molar-refractivity contribution in [2.45, 2.75) is 50.3 Å². The molecule has 1 unspecified atom stereocenters. The van der Waals surface area contributed by atoms with Crippen LogP contribution in [0, 0.1) is 0 Å². The zero-order valence-electron chi connectivity index (χ0n) is 19.6. The molecular formula is C26H31BN4O3. The number of hydrogen-bond acceptors (Lipinski definition) is 4. The summed E-state index contributed by atoms with van der Waals surface area (Å²) in [5.74, 6) is -0.194. The normalized spacial score (nSPS) is 22.7. The van der Waals surface area contributed by atoms with Gasteiger partial charge >= 0.3 is 6.03 Å². The van der Waals surface area contributed by atoms with Crippen molar-refractivity contribution in [1.29, 1.82) is 0 Å². The second kappa shape index (κ2) is 9.80. The average molecular weight is 458 g/mol. The van der Waals surface area contributed by atoms with Crippen molar-refractivity contribution in [3.63, 3.8) is 0 Å². The summed E-state index contributed by atoms with van der Waals surface area (Å²) in [6, 6.07) is 13.0. The van der Waals surface area contributed by atoms with Gasteiger partial charge in [-0.2, -0.15) is 0 Å². The molecule has 8 heteroatoms. The fourth-order valence-corrected chi connectivity index (χ4v) is 5.05. The summed E-state index contributed by atoms with van der Waals surface area (Å²) in [7, 11) is 7.34. The number of carbonyl (C=O) groups is 2. The molecule has 1 saturated heterocycles. The first-order valence-electron chi connectivity index (χ1n) is 12.1. The van der Waals surface area contributed by atoms with E-state index in [2.05, 4.69) is 27.7 Å². The van der Waals surface area contributed by atoms with E-state index in [0.29, 0.717) is 24.1 Å². The molecule has 0 spiro atoms. The first-order valence-corrected chi connectivity index (χ1v) is 12.1. The third-order valence-electron chi connectivity index (χ3n) is 7.20. The molecule has 1 saturated carbocycles. The molecular weight excluding hydrogens is 427 g/mol. The number of methoxy groups -OCH3 is 1. The number of urea groups is 1. The Labute approximate surface area is 202 Å². The maximum absolute atomic E-state index is 13.3. The molecule has 3 amide bonds. The molecule has 3 aliphatic rings. The molecule has 2 aliphatic heterocycles. The van der Waals surface area contributed by atoms with Crippen LogP contribution in [0.5, 0.6) is 0 Å². The predicted octanol–water partition coefficient (Wildman–Crippen LogP) is 2.30. The Morgan fingerprint density at radius 2 is 1.68 bits per heavy atom. The highest BCUT2D eigenvalue weighted by Gasteiger charge is 2.40. The van der Waals surface area contributed by atoms with Gasteiger partial charge in [0.2, 0.25) is 5.91 Å². The number of carbonyl (C=O) groups excluding carboxylic acids is 2. The van der Waals surface area contributed by atoms with Gasteiger partial charge in [-0.15, -0.1) is 0 Å². The summed E-state index contributed by atoms with van der Waals surface area (Å²) in [6.07, 6.45) is 4.97. The number of rotatable bonds is 5. The minimum absolute atomic E-state index is 0.187. The molecule has 2 heterocycles. The van der Waals surface area contributed by atoms with E-state index in [1.54, 1.807) is 36.3 Å². The smallest absolute Gasteiger partial charge is 0.322 e. The first kappa shape index (κ1) is 22.9. The van der Waals surface area contributed by atoms with Gasteiger partial charge in [0.05, 0.1) is 6.10 Å². The number of hydrogen-bond donors (Lipinski definition) is 2. The monoisotopic (exact) mass is 458 g/mol. The molecule has 2 aromatic carbocycles. The van der Waals surface area contributed by atoms with Crippen LogP contribution in [0.4, 0.5) is 16.2 Å². The lowest BCUT2D eigenvalue weighted by Crippen LogP contribution is -2.45. The molecule has 2 radical (unpaired) electrons. The van der Waals surface area contributed by atoms with Crippen LogP contribution in [0.1, 0.15) is 30.4 Å². The Hall–Kier alpha value is -2.84. The summed E-state index contributed by atoms with van der Waals surface area (Å²) in [5.41, 5.74) is 4.71. The summed E-state index contributed by atoms with van der Waals surface area (Å²) in [6.45, 7) is 2.55. The van der Waals surface area contributed by atoms with Crippen LogP contribution in [0.25, 0.3) is 0 Å². The van der Waals surface area contributed by atoms with E-state index in [9.17, 15) is 9.59 Å². The predicted molar refractivity (Wildman–Crippen MR) is 134 cm³/mol. The van der Waals surface area contributed by atoms with Gasteiger partial charge in [0, 0.05) is 50.6 Å². The van der Waals surface area contributed by atoms with E-state index in [0.717, 1.165) is 37.7 Å². The van der Waals surface area contributed by atoms with Crippen LogP contribution in [0.15, 0.2) is 42.5 Å². The number of likely N-dealkylation sites (tertiary alicyclic amines) is 1. The van der Waals surface area contributed by atoms with Crippen molar-refractivity contribution in [3.05, 3.63) is 53.6 Å². The average Bonchev–Trinajstić information content (AvgIpc) is 3.61. The van der Waals surface area contributed by atoms with Crippen molar-refractivity contribution in [1.82, 2.24) is 9.80 Å². The highest BCUT2D eigenvalue weighted by atomic mass is 16.5. The summed E-state index contributed by atoms with van der Waals surface area (Å²) in [5, 5.41) is 5.92. The summed E-state index contributed by atoms with van der Waals surface area (Å²) in [4.78, 5) is 30.4. The summed E-state index contributed by atoms with van der Waals surface area (Å²) < 4.78 is 5.49. The van der Waals surface area contributed by atoms with E-state index >= 15 is 0 Å². The Morgan fingerprint density at radius 3 is 2.38 bits per heavy atom. The maximum atomic E-state index is 13.3. The van der Waals surface area contributed by atoms with Gasteiger partial charge in [-0.25, -0.2) is 4.79 Å². The van der Waals surface area contributed by atoms with Crippen LogP contribution < -0.4 is 16.1 Å². The third kappa shape index (κ3) is 5.13. The van der Waals surface area contributed by atoms with Gasteiger partial charge in [-0.05, 0) is 61.1 Å². The molecule has 0 bridgehead atoms. The van der Waals surface area contributed by atoms with E-state index in [-0.39, 0.29) is 18.0 Å². The lowest BCUT2D eigenvalue weighted by Gasteiger charge is -2.24. The van der Waals surface area contributed by atoms with Crippen molar-refractivity contribution >= 4 is 36.6 Å². The van der Waals surface area contributed by atoms with Gasteiger partial charge in [0.15, 0.2) is 0 Å². The van der Waals surface area contributed by atoms with Crippen molar-refractivity contribution in [3.8, 4) is 0 Å². The van der Waals surface area contributed by atoms with Gasteiger partial charge in [0.25, 0.3) is 0 Å². The lowest BCUT2D eigenvalue weighted by atomic mass is 9.96. The third-order valence-corrected chi connectivity index (χ3v) is 7.20. The molecule has 176 valence electrons. The fraction of sp³-hybridized carbons (Fsp3) is 0.462. The molecule has 7 nitrogen and oxygen atoms in total. The zero-order valence-corrected chi connectivity index (χ0v) is 19.6. The maximum Gasteiger partial charge on any atom is 0.322 e. The number of amides is 3. The Balaban J connectivity index is 1.26. The van der Waals surface area contributed by atoms with E-state index in [1.165, 1.54) is 24.0 Å². The van der Waals surface area contributed by atoms with Gasteiger partial charge in [0.1, 0.15) is 13.9 Å². The number of anilines is 2. The molecule has 2 N–H and O–H groups in total. The van der Waals surface area contributed by atoms with Crippen molar-refractivity contribution in [2.75, 3.05) is 37.4 Å². The number of benzene rings is 2. The second-order valence-electron chi connectivity index (χ2n) is 9.55. The van der Waals surface area contributed by atoms with Crippen LogP contribution in [0.2, 0.25) is 0 Å².